The molecule has 0 saturated heterocycles. The van der Waals surface area contributed by atoms with Gasteiger partial charge in [0, 0.05) is 17.5 Å². The lowest BCUT2D eigenvalue weighted by Crippen LogP contribution is -2.10. The molecule has 0 fully saturated rings. The number of aromatic nitrogens is 6. The molecule has 1 aromatic carbocycles. The molecule has 0 bridgehead atoms. The quantitative estimate of drug-likeness (QED) is 0.419. The van der Waals surface area contributed by atoms with Crippen LogP contribution in [0.1, 0.15) is 37.6 Å². The molecule has 30 heavy (non-hydrogen) atoms. The minimum absolute atomic E-state index is 0.116. The standard InChI is InChI=1S/C24H24N6/c1-15-16(2)30(19-7-6-12-25-13-19)22-20(15)23-27-21(28-29(23)14-26-22)17-8-10-18(11-9-17)24(3,4)5/h6-14H,1-5H3. The molecule has 0 N–H and O–H groups in total. The van der Waals surface area contributed by atoms with Crippen molar-refractivity contribution in [3.05, 3.63) is 71.9 Å². The van der Waals surface area contributed by atoms with Gasteiger partial charge in [0.1, 0.15) is 6.33 Å². The largest absolute Gasteiger partial charge is 0.297 e. The lowest BCUT2D eigenvalue weighted by Gasteiger charge is -2.18. The molecule has 4 aromatic heterocycles. The topological polar surface area (TPSA) is 60.9 Å². The summed E-state index contributed by atoms with van der Waals surface area (Å²) in [6.07, 6.45) is 5.37. The summed E-state index contributed by atoms with van der Waals surface area (Å²) in [5, 5.41) is 5.72. The summed E-state index contributed by atoms with van der Waals surface area (Å²) >= 11 is 0. The van der Waals surface area contributed by atoms with Crippen molar-refractivity contribution in [1.82, 2.24) is 29.1 Å². The third-order valence-electron chi connectivity index (χ3n) is 5.75. The van der Waals surface area contributed by atoms with Crippen LogP contribution < -0.4 is 0 Å². The van der Waals surface area contributed by atoms with E-state index in [4.69, 9.17) is 15.1 Å². The summed E-state index contributed by atoms with van der Waals surface area (Å²) in [7, 11) is 0. The van der Waals surface area contributed by atoms with Crippen LogP contribution in [0.25, 0.3) is 33.8 Å². The fraction of sp³-hybridized carbons (Fsp3) is 0.250. The van der Waals surface area contributed by atoms with Crippen molar-refractivity contribution < 1.29 is 0 Å². The van der Waals surface area contributed by atoms with Crippen molar-refractivity contribution in [3.8, 4) is 17.1 Å². The summed E-state index contributed by atoms with van der Waals surface area (Å²) in [5.41, 5.74) is 7.35. The van der Waals surface area contributed by atoms with Crippen molar-refractivity contribution >= 4 is 16.7 Å². The normalized spacial score (nSPS) is 12.2. The molecule has 6 heteroatoms. The third kappa shape index (κ3) is 2.79. The van der Waals surface area contributed by atoms with E-state index in [0.717, 1.165) is 39.2 Å². The summed E-state index contributed by atoms with van der Waals surface area (Å²) in [6.45, 7) is 10.9. The highest BCUT2D eigenvalue weighted by atomic mass is 15.3. The number of pyridine rings is 1. The van der Waals surface area contributed by atoms with Gasteiger partial charge in [-0.25, -0.2) is 14.5 Å². The SMILES string of the molecule is Cc1c(C)n(-c2cccnc2)c2ncn3nc(-c4ccc(C(C)(C)C)cc4)nc3c12. The second kappa shape index (κ2) is 6.49. The van der Waals surface area contributed by atoms with Crippen LogP contribution in [0.15, 0.2) is 55.1 Å². The van der Waals surface area contributed by atoms with Crippen LogP contribution in [0.4, 0.5) is 0 Å². The highest BCUT2D eigenvalue weighted by Crippen LogP contribution is 2.31. The van der Waals surface area contributed by atoms with Crippen LogP contribution in [0, 0.1) is 13.8 Å². The smallest absolute Gasteiger partial charge is 0.182 e. The summed E-state index contributed by atoms with van der Waals surface area (Å²) in [6, 6.07) is 12.5. The van der Waals surface area contributed by atoms with Crippen molar-refractivity contribution in [2.24, 2.45) is 0 Å². The molecule has 0 spiro atoms. The van der Waals surface area contributed by atoms with E-state index in [2.05, 4.69) is 68.4 Å². The zero-order chi connectivity index (χ0) is 21.0. The van der Waals surface area contributed by atoms with Crippen molar-refractivity contribution in [3.63, 3.8) is 0 Å². The van der Waals surface area contributed by atoms with Gasteiger partial charge in [0.25, 0.3) is 0 Å². The Morgan fingerprint density at radius 3 is 2.37 bits per heavy atom. The van der Waals surface area contributed by atoms with E-state index in [0.29, 0.717) is 5.82 Å². The first kappa shape index (κ1) is 18.5. The Labute approximate surface area is 175 Å². The lowest BCUT2D eigenvalue weighted by atomic mass is 9.87. The van der Waals surface area contributed by atoms with Crippen LogP contribution in [0.5, 0.6) is 0 Å². The van der Waals surface area contributed by atoms with E-state index in [-0.39, 0.29) is 5.41 Å². The summed E-state index contributed by atoms with van der Waals surface area (Å²) < 4.78 is 3.90. The number of aryl methyl sites for hydroxylation is 1. The van der Waals surface area contributed by atoms with E-state index >= 15 is 0 Å². The maximum Gasteiger partial charge on any atom is 0.182 e. The maximum atomic E-state index is 4.89. The van der Waals surface area contributed by atoms with Gasteiger partial charge in [-0.2, -0.15) is 0 Å². The number of nitrogens with zero attached hydrogens (tertiary/aromatic N) is 6. The molecule has 0 unspecified atom stereocenters. The molecule has 150 valence electrons. The molecule has 4 heterocycles. The second-order valence-corrected chi connectivity index (χ2v) is 8.73. The predicted octanol–water partition coefficient (Wildman–Crippen LogP) is 5.04. The molecule has 0 aliphatic heterocycles. The van der Waals surface area contributed by atoms with E-state index < -0.39 is 0 Å². The highest BCUT2D eigenvalue weighted by Gasteiger charge is 2.20. The first-order valence-corrected chi connectivity index (χ1v) is 10.1. The second-order valence-electron chi connectivity index (χ2n) is 8.73. The molecular weight excluding hydrogens is 372 g/mol. The monoisotopic (exact) mass is 396 g/mol. The number of fused-ring (bicyclic) bond motifs is 3. The Hall–Kier alpha value is -3.54. The Morgan fingerprint density at radius 1 is 0.933 bits per heavy atom. The van der Waals surface area contributed by atoms with Crippen LogP contribution in [0.3, 0.4) is 0 Å². The van der Waals surface area contributed by atoms with E-state index in [1.54, 1.807) is 17.0 Å². The molecule has 0 saturated carbocycles. The van der Waals surface area contributed by atoms with E-state index in [1.165, 1.54) is 5.56 Å². The van der Waals surface area contributed by atoms with Crippen LogP contribution in [-0.4, -0.2) is 29.1 Å². The lowest BCUT2D eigenvalue weighted by molar-refractivity contribution is 0.590. The Kier molecular flexibility index (Phi) is 4.00. The Bertz CT molecular complexity index is 1370. The predicted molar refractivity (Wildman–Crippen MR) is 119 cm³/mol. The van der Waals surface area contributed by atoms with Gasteiger partial charge < -0.3 is 0 Å². The molecule has 6 nitrogen and oxygen atoms in total. The fourth-order valence-corrected chi connectivity index (χ4v) is 3.90. The molecule has 0 radical (unpaired) electrons. The van der Waals surface area contributed by atoms with E-state index in [9.17, 15) is 0 Å². The van der Waals surface area contributed by atoms with Crippen molar-refractivity contribution in [2.45, 2.75) is 40.0 Å². The van der Waals surface area contributed by atoms with Gasteiger partial charge >= 0.3 is 0 Å². The van der Waals surface area contributed by atoms with Crippen LogP contribution >= 0.6 is 0 Å². The Morgan fingerprint density at radius 2 is 1.70 bits per heavy atom. The zero-order valence-corrected chi connectivity index (χ0v) is 17.9. The highest BCUT2D eigenvalue weighted by molar-refractivity contribution is 5.95. The first-order chi connectivity index (χ1) is 14.3. The van der Waals surface area contributed by atoms with Crippen molar-refractivity contribution in [2.75, 3.05) is 0 Å². The number of hydrogen-bond acceptors (Lipinski definition) is 4. The third-order valence-corrected chi connectivity index (χ3v) is 5.75. The molecule has 0 aliphatic carbocycles. The average molecular weight is 396 g/mol. The number of benzene rings is 1. The van der Waals surface area contributed by atoms with Gasteiger partial charge in [-0.1, -0.05) is 45.0 Å². The summed E-state index contributed by atoms with van der Waals surface area (Å²) in [5.74, 6) is 0.705. The molecule has 5 rings (SSSR count). The number of rotatable bonds is 2. The van der Waals surface area contributed by atoms with Crippen LogP contribution in [0.2, 0.25) is 0 Å². The molecule has 0 aliphatic rings. The molecule has 0 atom stereocenters. The fourth-order valence-electron chi connectivity index (χ4n) is 3.90. The minimum atomic E-state index is 0.116. The maximum absolute atomic E-state index is 4.89. The zero-order valence-electron chi connectivity index (χ0n) is 17.9. The minimum Gasteiger partial charge on any atom is -0.297 e. The van der Waals surface area contributed by atoms with Gasteiger partial charge in [-0.05, 0) is 42.5 Å². The number of hydrogen-bond donors (Lipinski definition) is 0. The van der Waals surface area contributed by atoms with Gasteiger partial charge in [0.2, 0.25) is 0 Å². The summed E-state index contributed by atoms with van der Waals surface area (Å²) in [4.78, 5) is 13.9. The van der Waals surface area contributed by atoms with Crippen molar-refractivity contribution in [1.29, 1.82) is 0 Å². The average Bonchev–Trinajstić information content (AvgIpc) is 3.27. The first-order valence-electron chi connectivity index (χ1n) is 10.1. The van der Waals surface area contributed by atoms with Gasteiger partial charge in [0.05, 0.1) is 17.3 Å². The molecule has 5 aromatic rings. The van der Waals surface area contributed by atoms with Gasteiger partial charge in [0.15, 0.2) is 17.1 Å². The van der Waals surface area contributed by atoms with Crippen LogP contribution in [-0.2, 0) is 5.41 Å². The Balaban J connectivity index is 1.70. The van der Waals surface area contributed by atoms with Gasteiger partial charge in [-0.3, -0.25) is 9.55 Å². The van der Waals surface area contributed by atoms with E-state index in [1.807, 2.05) is 18.3 Å². The molecule has 0 amide bonds. The van der Waals surface area contributed by atoms with Gasteiger partial charge in [-0.15, -0.1) is 5.10 Å². The molecular formula is C24H24N6.